The molecule has 2 heterocycles. The molecule has 4 aliphatic rings. The van der Waals surface area contributed by atoms with E-state index in [9.17, 15) is 24.9 Å². The monoisotopic (exact) mass is 354 g/mol. The van der Waals surface area contributed by atoms with Crippen LogP contribution in [0.1, 0.15) is 20.8 Å². The number of ketones is 1. The number of aliphatic hydroxyl groups excluding tert-OH is 3. The van der Waals surface area contributed by atoms with E-state index in [4.69, 9.17) is 14.2 Å². The average molecular weight is 354 g/mol. The molecule has 0 aromatic heterocycles. The molecule has 2 aliphatic heterocycles. The van der Waals surface area contributed by atoms with E-state index < -0.39 is 65.3 Å². The van der Waals surface area contributed by atoms with Gasteiger partial charge in [0.15, 0.2) is 5.78 Å². The minimum Gasteiger partial charge on any atom is -0.459 e. The molecule has 2 saturated heterocycles. The lowest BCUT2D eigenvalue weighted by Crippen LogP contribution is -2.72. The highest BCUT2D eigenvalue weighted by Gasteiger charge is 2.87. The van der Waals surface area contributed by atoms with Crippen LogP contribution in [0.15, 0.2) is 11.6 Å². The van der Waals surface area contributed by atoms with Gasteiger partial charge < -0.3 is 29.5 Å². The molecular formula is C17H22O8. The molecule has 138 valence electrons. The summed E-state index contributed by atoms with van der Waals surface area (Å²) in [7, 11) is 0. The molecule has 1 spiro atoms. The number of esters is 1. The number of carbonyl (C=O) groups is 2. The first kappa shape index (κ1) is 17.1. The molecule has 8 nitrogen and oxygen atoms in total. The molecule has 2 aliphatic carbocycles. The third-order valence-electron chi connectivity index (χ3n) is 6.83. The van der Waals surface area contributed by atoms with Gasteiger partial charge in [0.2, 0.25) is 0 Å². The lowest BCUT2D eigenvalue weighted by atomic mass is 9.50. The quantitative estimate of drug-likeness (QED) is 0.413. The van der Waals surface area contributed by atoms with Crippen LogP contribution in [0.25, 0.3) is 0 Å². The van der Waals surface area contributed by atoms with E-state index in [2.05, 4.69) is 0 Å². The van der Waals surface area contributed by atoms with Crippen molar-refractivity contribution in [3.8, 4) is 0 Å². The van der Waals surface area contributed by atoms with Crippen molar-refractivity contribution in [2.45, 2.75) is 56.9 Å². The van der Waals surface area contributed by atoms with Crippen molar-refractivity contribution in [1.29, 1.82) is 0 Å². The van der Waals surface area contributed by atoms with E-state index >= 15 is 0 Å². The molecule has 25 heavy (non-hydrogen) atoms. The molecule has 0 radical (unpaired) electrons. The summed E-state index contributed by atoms with van der Waals surface area (Å²) < 4.78 is 17.1. The number of ether oxygens (including phenoxy) is 3. The molecule has 0 amide bonds. The smallest absolute Gasteiger partial charge is 0.303 e. The van der Waals surface area contributed by atoms with Crippen LogP contribution >= 0.6 is 0 Å². The topological polar surface area (TPSA) is 126 Å². The first-order chi connectivity index (χ1) is 11.7. The lowest BCUT2D eigenvalue weighted by Gasteiger charge is -2.58. The van der Waals surface area contributed by atoms with Crippen LogP contribution in [0.2, 0.25) is 0 Å². The van der Waals surface area contributed by atoms with Gasteiger partial charge in [0, 0.05) is 6.92 Å². The zero-order chi connectivity index (χ0) is 18.4. The van der Waals surface area contributed by atoms with Gasteiger partial charge in [-0.1, -0.05) is 6.92 Å². The summed E-state index contributed by atoms with van der Waals surface area (Å²) in [5.41, 5.74) is -3.39. The number of rotatable bonds is 2. The summed E-state index contributed by atoms with van der Waals surface area (Å²) in [6.07, 6.45) is -3.87. The number of fused-ring (bicyclic) bond motifs is 2. The molecule has 4 rings (SSSR count). The SMILES string of the molecule is CC(=O)O[C@@H]1[C@@H](O)C2OC3C=C(C)C(=O)[C@@H](O)[C@]3(CO)[C@]1(C)C21CO1. The fraction of sp³-hybridized carbons (Fsp3) is 0.765. The Morgan fingerprint density at radius 1 is 1.44 bits per heavy atom. The largest absolute Gasteiger partial charge is 0.459 e. The lowest BCUT2D eigenvalue weighted by molar-refractivity contribution is -0.255. The molecule has 3 unspecified atom stereocenters. The highest BCUT2D eigenvalue weighted by molar-refractivity contribution is 6.00. The number of aliphatic hydroxyl groups is 3. The molecular weight excluding hydrogens is 332 g/mol. The van der Waals surface area contributed by atoms with Crippen molar-refractivity contribution in [2.75, 3.05) is 13.2 Å². The maximum atomic E-state index is 12.5. The summed E-state index contributed by atoms with van der Waals surface area (Å²) in [5.74, 6) is -1.13. The Hall–Kier alpha value is -1.32. The van der Waals surface area contributed by atoms with Gasteiger partial charge in [-0.15, -0.1) is 0 Å². The predicted molar refractivity (Wildman–Crippen MR) is 81.3 cm³/mol. The van der Waals surface area contributed by atoms with Gasteiger partial charge in [-0.2, -0.15) is 0 Å². The van der Waals surface area contributed by atoms with Crippen LogP contribution in [0.3, 0.4) is 0 Å². The van der Waals surface area contributed by atoms with Crippen LogP contribution in [-0.2, 0) is 23.8 Å². The number of Topliss-reactive ketones (excluding diaryl/α,β-unsaturated/α-hetero) is 1. The zero-order valence-electron chi connectivity index (χ0n) is 14.3. The van der Waals surface area contributed by atoms with Gasteiger partial charge in [0.25, 0.3) is 0 Å². The first-order valence-electron chi connectivity index (χ1n) is 8.33. The Balaban J connectivity index is 1.96. The molecule has 3 N–H and O–H groups in total. The van der Waals surface area contributed by atoms with Crippen molar-refractivity contribution >= 4 is 11.8 Å². The van der Waals surface area contributed by atoms with E-state index in [1.54, 1.807) is 19.9 Å². The van der Waals surface area contributed by atoms with Crippen molar-refractivity contribution < 1.29 is 39.1 Å². The summed E-state index contributed by atoms with van der Waals surface area (Å²) in [5, 5.41) is 32.0. The van der Waals surface area contributed by atoms with Crippen LogP contribution in [-0.4, -0.2) is 76.4 Å². The van der Waals surface area contributed by atoms with Gasteiger partial charge in [-0.3, -0.25) is 9.59 Å². The Morgan fingerprint density at radius 3 is 2.60 bits per heavy atom. The van der Waals surface area contributed by atoms with Gasteiger partial charge in [0.1, 0.15) is 30.0 Å². The molecule has 8 atom stereocenters. The maximum Gasteiger partial charge on any atom is 0.303 e. The second-order valence-corrected chi connectivity index (χ2v) is 7.69. The van der Waals surface area contributed by atoms with Crippen molar-refractivity contribution in [3.63, 3.8) is 0 Å². The molecule has 3 fully saturated rings. The third-order valence-corrected chi connectivity index (χ3v) is 6.83. The number of hydrogen-bond donors (Lipinski definition) is 3. The average Bonchev–Trinajstić information content (AvgIpc) is 3.33. The van der Waals surface area contributed by atoms with Gasteiger partial charge in [0.05, 0.1) is 30.1 Å². The third kappa shape index (κ3) is 1.65. The standard InChI is InChI=1S/C17H22O8/c1-7-4-9-16(5-18,12(22)10(7)20)15(3)13(24-8(2)19)11(21)14(25-9)17(15)6-23-17/h4,9,11-14,18,21-22H,5-6H2,1-3H3/t9?,11-,12-,13-,14?,15-,16-,17?/m1/s1. The Morgan fingerprint density at radius 2 is 2.08 bits per heavy atom. The van der Waals surface area contributed by atoms with Crippen molar-refractivity contribution in [2.24, 2.45) is 10.8 Å². The summed E-state index contributed by atoms with van der Waals surface area (Å²) in [4.78, 5) is 24.1. The second-order valence-electron chi connectivity index (χ2n) is 7.69. The number of hydrogen-bond acceptors (Lipinski definition) is 8. The summed E-state index contributed by atoms with van der Waals surface area (Å²) in [6, 6.07) is 0. The molecule has 2 bridgehead atoms. The van der Waals surface area contributed by atoms with E-state index in [1.165, 1.54) is 6.92 Å². The fourth-order valence-corrected chi connectivity index (χ4v) is 5.37. The van der Waals surface area contributed by atoms with E-state index in [-0.39, 0.29) is 6.61 Å². The summed E-state index contributed by atoms with van der Waals surface area (Å²) >= 11 is 0. The Labute approximate surface area is 144 Å². The maximum absolute atomic E-state index is 12.5. The molecule has 0 aromatic carbocycles. The first-order valence-corrected chi connectivity index (χ1v) is 8.33. The van der Waals surface area contributed by atoms with Crippen LogP contribution < -0.4 is 0 Å². The zero-order valence-corrected chi connectivity index (χ0v) is 14.3. The van der Waals surface area contributed by atoms with Crippen LogP contribution in [0.4, 0.5) is 0 Å². The Bertz CT molecular complexity index is 682. The summed E-state index contributed by atoms with van der Waals surface area (Å²) in [6.45, 7) is 4.11. The molecule has 0 aromatic rings. The highest BCUT2D eigenvalue weighted by Crippen LogP contribution is 2.71. The number of carbonyl (C=O) groups excluding carboxylic acids is 2. The van der Waals surface area contributed by atoms with Crippen LogP contribution in [0.5, 0.6) is 0 Å². The fourth-order valence-electron chi connectivity index (χ4n) is 5.37. The van der Waals surface area contributed by atoms with Gasteiger partial charge >= 0.3 is 5.97 Å². The highest BCUT2D eigenvalue weighted by atomic mass is 16.7. The van der Waals surface area contributed by atoms with Gasteiger partial charge in [-0.05, 0) is 18.6 Å². The Kier molecular flexibility index (Phi) is 3.35. The molecule has 1 saturated carbocycles. The molecule has 8 heteroatoms. The van der Waals surface area contributed by atoms with Crippen molar-refractivity contribution in [3.05, 3.63) is 11.6 Å². The number of epoxide rings is 1. The van der Waals surface area contributed by atoms with Crippen molar-refractivity contribution in [1.82, 2.24) is 0 Å². The minimum atomic E-state index is -1.57. The normalized spacial score (nSPS) is 53.4. The van der Waals surface area contributed by atoms with E-state index in [0.29, 0.717) is 5.57 Å². The van der Waals surface area contributed by atoms with E-state index in [1.807, 2.05) is 0 Å². The second kappa shape index (κ2) is 4.89. The predicted octanol–water partition coefficient (Wildman–Crippen LogP) is -1.30. The minimum absolute atomic E-state index is 0.223. The van der Waals surface area contributed by atoms with Gasteiger partial charge in [-0.25, -0.2) is 0 Å². The van der Waals surface area contributed by atoms with Crippen LogP contribution in [0, 0.1) is 10.8 Å². The van der Waals surface area contributed by atoms with E-state index in [0.717, 1.165) is 0 Å².